The molecule has 0 amide bonds. The number of aryl methyl sites for hydroxylation is 4. The highest BCUT2D eigenvalue weighted by molar-refractivity contribution is 7.11. The van der Waals surface area contributed by atoms with Crippen molar-refractivity contribution in [2.45, 2.75) is 99.0 Å². The SMILES string of the molecule is CC.CCOc1ccc(CCC(=O)OC)cc1.CCOc1ccc(CCC(=O)c2nccs2)cc1.CCOc1ccc(CCC(O)c2nccs2)cc1.CCOc1ccc(CCC=O)cc1. The maximum Gasteiger partial charge on any atom is 0.305 e. The minimum absolute atomic E-state index is 0.110. The first kappa shape index (κ1) is 56.2. The Morgan fingerprint density at radius 3 is 1.33 bits per heavy atom. The minimum atomic E-state index is -0.462. The summed E-state index contributed by atoms with van der Waals surface area (Å²) in [6.45, 7) is 14.5. The molecular weight excluding hydrogens is 873 g/mol. The summed E-state index contributed by atoms with van der Waals surface area (Å²) in [6.07, 6.45) is 9.18. The smallest absolute Gasteiger partial charge is 0.305 e. The van der Waals surface area contributed by atoms with Crippen LogP contribution in [0.2, 0.25) is 0 Å². The molecule has 6 rings (SSSR count). The number of carbonyl (C=O) groups excluding carboxylic acids is 3. The highest BCUT2D eigenvalue weighted by Gasteiger charge is 2.11. The van der Waals surface area contributed by atoms with E-state index in [0.717, 1.165) is 64.7 Å². The predicted molar refractivity (Wildman–Crippen MR) is 267 cm³/mol. The first-order valence-corrected chi connectivity index (χ1v) is 24.3. The zero-order valence-corrected chi connectivity index (χ0v) is 41.2. The van der Waals surface area contributed by atoms with E-state index in [4.69, 9.17) is 18.9 Å². The first-order valence-electron chi connectivity index (χ1n) is 22.6. The van der Waals surface area contributed by atoms with E-state index in [1.54, 1.807) is 12.4 Å². The van der Waals surface area contributed by atoms with E-state index in [1.165, 1.54) is 40.9 Å². The van der Waals surface area contributed by atoms with Gasteiger partial charge in [-0.05, 0) is 131 Å². The second-order valence-electron chi connectivity index (χ2n) is 13.8. The van der Waals surface area contributed by atoms with E-state index < -0.39 is 6.10 Å². The summed E-state index contributed by atoms with van der Waals surface area (Å²) in [5, 5.41) is 15.0. The Morgan fingerprint density at radius 1 is 0.576 bits per heavy atom. The number of aliphatic hydroxyl groups excluding tert-OH is 1. The van der Waals surface area contributed by atoms with Gasteiger partial charge in [0.1, 0.15) is 40.4 Å². The van der Waals surface area contributed by atoms with E-state index in [0.29, 0.717) is 63.5 Å². The molecule has 2 aromatic heterocycles. The van der Waals surface area contributed by atoms with Crippen molar-refractivity contribution in [2.24, 2.45) is 0 Å². The second-order valence-corrected chi connectivity index (χ2v) is 15.6. The molecule has 0 saturated heterocycles. The number of nitrogens with zero attached hydrogens (tertiary/aromatic N) is 2. The lowest BCUT2D eigenvalue weighted by molar-refractivity contribution is -0.140. The summed E-state index contributed by atoms with van der Waals surface area (Å²) >= 11 is 2.89. The molecule has 0 aliphatic rings. The Bertz CT molecular complexity index is 2110. The Labute approximate surface area is 400 Å². The number of hydrogen-bond donors (Lipinski definition) is 1. The van der Waals surface area contributed by atoms with E-state index in [9.17, 15) is 19.5 Å². The third-order valence-corrected chi connectivity index (χ3v) is 10.8. The number of aliphatic hydroxyl groups is 1. The van der Waals surface area contributed by atoms with E-state index >= 15 is 0 Å². The van der Waals surface area contributed by atoms with Crippen molar-refractivity contribution in [3.63, 3.8) is 0 Å². The molecule has 0 fully saturated rings. The quantitative estimate of drug-likeness (QED) is 0.0395. The maximum atomic E-state index is 11.8. The monoisotopic (exact) mass is 940 g/mol. The minimum Gasteiger partial charge on any atom is -0.494 e. The number of ether oxygens (including phenoxy) is 5. The number of methoxy groups -OCH3 is 1. The highest BCUT2D eigenvalue weighted by Crippen LogP contribution is 2.22. The zero-order valence-electron chi connectivity index (χ0n) is 39.6. The van der Waals surface area contributed by atoms with Crippen LogP contribution in [0.4, 0.5) is 0 Å². The van der Waals surface area contributed by atoms with Crippen LogP contribution in [0.5, 0.6) is 23.0 Å². The first-order chi connectivity index (χ1) is 32.2. The van der Waals surface area contributed by atoms with Crippen molar-refractivity contribution in [2.75, 3.05) is 33.5 Å². The Hall–Kier alpha value is -5.89. The predicted octanol–water partition coefficient (Wildman–Crippen LogP) is 12.0. The number of thiazole rings is 2. The molecule has 356 valence electrons. The molecule has 0 spiro atoms. The van der Waals surface area contributed by atoms with Crippen LogP contribution in [0.15, 0.2) is 120 Å². The fraction of sp³-hybridized carbons (Fsp3) is 0.377. The van der Waals surface area contributed by atoms with Gasteiger partial charge in [-0.3, -0.25) is 9.59 Å². The van der Waals surface area contributed by atoms with Gasteiger partial charge in [0.15, 0.2) is 10.8 Å². The van der Waals surface area contributed by atoms with Crippen LogP contribution >= 0.6 is 22.7 Å². The van der Waals surface area contributed by atoms with Gasteiger partial charge in [0.25, 0.3) is 0 Å². The Morgan fingerprint density at radius 2 is 0.970 bits per heavy atom. The Kier molecular flexibility index (Phi) is 30.1. The van der Waals surface area contributed by atoms with Gasteiger partial charge in [0, 0.05) is 42.4 Å². The van der Waals surface area contributed by atoms with Crippen LogP contribution in [-0.2, 0) is 40.0 Å². The number of benzene rings is 4. The number of rotatable bonds is 22. The summed E-state index contributed by atoms with van der Waals surface area (Å²) in [7, 11) is 1.40. The molecule has 1 atom stereocenters. The van der Waals surface area contributed by atoms with Crippen LogP contribution in [0, 0.1) is 0 Å². The number of aromatic nitrogens is 2. The van der Waals surface area contributed by atoms with Crippen LogP contribution in [0.25, 0.3) is 0 Å². The van der Waals surface area contributed by atoms with Crippen LogP contribution in [0.1, 0.15) is 110 Å². The van der Waals surface area contributed by atoms with Gasteiger partial charge >= 0.3 is 5.97 Å². The van der Waals surface area contributed by atoms with Crippen molar-refractivity contribution >= 4 is 40.7 Å². The lowest BCUT2D eigenvalue weighted by Gasteiger charge is -2.08. The maximum absolute atomic E-state index is 11.8. The van der Waals surface area contributed by atoms with Crippen LogP contribution in [-0.4, -0.2) is 66.7 Å². The van der Waals surface area contributed by atoms with Gasteiger partial charge in [0.2, 0.25) is 0 Å². The normalized spacial score (nSPS) is 10.4. The standard InChI is InChI=1S/C14H17NO2S.C14H15NO2S.C12H16O3.C11H14O2.C2H6/c2*1-2-17-12-6-3-11(4-7-12)5-8-13(16)14-15-9-10-18-14;1-3-15-11-7-4-10(5-8-11)6-9-12(13)14-2;1-2-13-11-7-5-10(6-8-11)4-3-9-12;1-2/h3-4,6-7,9-10,13,16H,2,5,8H2,1H3;3-4,6-7,9-10H,2,5,8H2,1H3;4-5,7-8H,3,6,9H2,1-2H3;5-9H,2-4H2,1H3;1-2H3. The molecule has 0 radical (unpaired) electrons. The highest BCUT2D eigenvalue weighted by atomic mass is 32.1. The number of ketones is 1. The Balaban J connectivity index is 0.000000301. The average molecular weight is 941 g/mol. The van der Waals surface area contributed by atoms with Crippen molar-refractivity contribution in [3.8, 4) is 23.0 Å². The van der Waals surface area contributed by atoms with E-state index in [-0.39, 0.29) is 11.8 Å². The summed E-state index contributed by atoms with van der Waals surface area (Å²) in [4.78, 5) is 40.9. The topological polar surface area (TPSA) is 143 Å². The lowest BCUT2D eigenvalue weighted by atomic mass is 10.1. The third kappa shape index (κ3) is 23.9. The number of esters is 1. The summed E-state index contributed by atoms with van der Waals surface area (Å²) in [5.74, 6) is 3.44. The van der Waals surface area contributed by atoms with Crippen molar-refractivity contribution in [1.29, 1.82) is 0 Å². The number of carbonyl (C=O) groups is 3. The van der Waals surface area contributed by atoms with E-state index in [1.807, 2.05) is 149 Å². The fourth-order valence-electron chi connectivity index (χ4n) is 5.80. The fourth-order valence-corrected chi connectivity index (χ4v) is 7.07. The summed E-state index contributed by atoms with van der Waals surface area (Å²) in [5.41, 5.74) is 4.64. The summed E-state index contributed by atoms with van der Waals surface area (Å²) in [6, 6.07) is 31.5. The number of hydrogen-bond acceptors (Lipinski definition) is 13. The van der Waals surface area contributed by atoms with Crippen molar-refractivity contribution in [3.05, 3.63) is 152 Å². The molecular formula is C53H68N2O9S2. The van der Waals surface area contributed by atoms with Crippen molar-refractivity contribution < 1.29 is 43.2 Å². The molecule has 0 bridgehead atoms. The number of aldehydes is 1. The van der Waals surface area contributed by atoms with Crippen molar-refractivity contribution in [1.82, 2.24) is 9.97 Å². The van der Waals surface area contributed by atoms with Gasteiger partial charge in [-0.25, -0.2) is 9.97 Å². The molecule has 4 aromatic carbocycles. The molecule has 0 aliphatic heterocycles. The van der Waals surface area contributed by atoms with Gasteiger partial charge in [-0.2, -0.15) is 0 Å². The number of Topliss-reactive ketones (excluding diaryl/α,β-unsaturated/α-hetero) is 1. The zero-order chi connectivity index (χ0) is 48.2. The van der Waals surface area contributed by atoms with Crippen LogP contribution < -0.4 is 18.9 Å². The molecule has 6 aromatic rings. The van der Waals surface area contributed by atoms with Gasteiger partial charge in [-0.1, -0.05) is 62.4 Å². The molecule has 0 saturated carbocycles. The van der Waals surface area contributed by atoms with Gasteiger partial charge in [-0.15, -0.1) is 22.7 Å². The molecule has 11 nitrogen and oxygen atoms in total. The summed E-state index contributed by atoms with van der Waals surface area (Å²) < 4.78 is 25.9. The van der Waals surface area contributed by atoms with Gasteiger partial charge < -0.3 is 33.6 Å². The van der Waals surface area contributed by atoms with E-state index in [2.05, 4.69) is 14.7 Å². The molecule has 13 heteroatoms. The van der Waals surface area contributed by atoms with Gasteiger partial charge in [0.05, 0.1) is 33.5 Å². The second kappa shape index (κ2) is 35.4. The molecule has 0 aliphatic carbocycles. The van der Waals surface area contributed by atoms with Crippen LogP contribution in [0.3, 0.4) is 0 Å². The largest absolute Gasteiger partial charge is 0.494 e. The average Bonchev–Trinajstić information content (AvgIpc) is 4.12. The lowest BCUT2D eigenvalue weighted by Crippen LogP contribution is -2.01. The molecule has 1 unspecified atom stereocenters. The third-order valence-electron chi connectivity index (χ3n) is 9.09. The molecule has 1 N–H and O–H groups in total. The molecule has 2 heterocycles. The molecule has 66 heavy (non-hydrogen) atoms.